The van der Waals surface area contributed by atoms with Crippen LogP contribution < -0.4 is 5.32 Å². The van der Waals surface area contributed by atoms with E-state index in [0.29, 0.717) is 47.2 Å². The van der Waals surface area contributed by atoms with E-state index in [2.05, 4.69) is 10.4 Å². The van der Waals surface area contributed by atoms with Crippen LogP contribution in [-0.4, -0.2) is 45.4 Å². The van der Waals surface area contributed by atoms with Crippen molar-refractivity contribution in [3.05, 3.63) is 75.5 Å². The normalized spacial score (nSPS) is 14.6. The summed E-state index contributed by atoms with van der Waals surface area (Å²) in [6.45, 7) is 8.66. The number of benzene rings is 2. The smallest absolute Gasteiger partial charge is 0.410 e. The molecule has 0 unspecified atom stereocenters. The van der Waals surface area contributed by atoms with Crippen molar-refractivity contribution in [3.8, 4) is 5.69 Å². The van der Waals surface area contributed by atoms with E-state index in [0.717, 1.165) is 16.9 Å². The summed E-state index contributed by atoms with van der Waals surface area (Å²) in [7, 11) is 0. The van der Waals surface area contributed by atoms with Gasteiger partial charge in [-0.05, 0) is 70.9 Å². The van der Waals surface area contributed by atoms with E-state index in [9.17, 15) is 9.59 Å². The summed E-state index contributed by atoms with van der Waals surface area (Å²) >= 11 is 12.2. The van der Waals surface area contributed by atoms with Gasteiger partial charge in [0.05, 0.1) is 23.1 Å². The largest absolute Gasteiger partial charge is 0.444 e. The van der Waals surface area contributed by atoms with Gasteiger partial charge in [0.25, 0.3) is 5.91 Å². The maximum absolute atomic E-state index is 13.4. The van der Waals surface area contributed by atoms with Crippen LogP contribution in [0.5, 0.6) is 0 Å². The van der Waals surface area contributed by atoms with E-state index >= 15 is 0 Å². The number of ether oxygens (including phenoxy) is 1. The third-order valence-electron chi connectivity index (χ3n) is 5.98. The van der Waals surface area contributed by atoms with Crippen molar-refractivity contribution >= 4 is 40.9 Å². The third kappa shape index (κ3) is 6.20. The number of anilines is 1. The predicted octanol–water partition coefficient (Wildman–Crippen LogP) is 6.85. The van der Waals surface area contributed by atoms with E-state index < -0.39 is 5.60 Å². The fraction of sp³-hybridized carbons (Fsp3) is 0.370. The zero-order chi connectivity index (χ0) is 26.0. The van der Waals surface area contributed by atoms with Gasteiger partial charge in [-0.1, -0.05) is 40.9 Å². The van der Waals surface area contributed by atoms with Crippen LogP contribution in [0.4, 0.5) is 10.5 Å². The number of carbonyl (C=O) groups is 2. The highest BCUT2D eigenvalue weighted by Gasteiger charge is 2.32. The Morgan fingerprint density at radius 1 is 1.03 bits per heavy atom. The molecule has 4 rings (SSSR count). The Balaban J connectivity index is 1.62. The first-order valence-electron chi connectivity index (χ1n) is 11.9. The summed E-state index contributed by atoms with van der Waals surface area (Å²) in [6.07, 6.45) is 2.64. The van der Waals surface area contributed by atoms with Gasteiger partial charge in [0.15, 0.2) is 0 Å². The lowest BCUT2D eigenvalue weighted by molar-refractivity contribution is 0.0203. The molecular weight excluding hydrogens is 499 g/mol. The molecule has 0 atom stereocenters. The molecule has 0 aliphatic carbocycles. The average Bonchev–Trinajstić information content (AvgIpc) is 3.23. The molecule has 2 heterocycles. The maximum Gasteiger partial charge on any atom is 0.410 e. The Morgan fingerprint density at radius 2 is 1.64 bits per heavy atom. The summed E-state index contributed by atoms with van der Waals surface area (Å²) in [6, 6.07) is 12.9. The number of nitrogens with one attached hydrogen (secondary N) is 1. The topological polar surface area (TPSA) is 76.5 Å². The second kappa shape index (κ2) is 10.5. The number of amides is 2. The molecule has 1 N–H and O–H groups in total. The van der Waals surface area contributed by atoms with Crippen LogP contribution in [0.15, 0.2) is 48.7 Å². The molecule has 2 aromatic carbocycles. The van der Waals surface area contributed by atoms with Crippen LogP contribution in [-0.2, 0) is 4.74 Å². The molecule has 1 saturated heterocycles. The van der Waals surface area contributed by atoms with Gasteiger partial charge in [0, 0.05) is 34.7 Å². The van der Waals surface area contributed by atoms with Crippen molar-refractivity contribution in [2.45, 2.75) is 52.1 Å². The lowest BCUT2D eigenvalue weighted by Gasteiger charge is -2.34. The fourth-order valence-corrected chi connectivity index (χ4v) is 4.83. The summed E-state index contributed by atoms with van der Waals surface area (Å²) < 4.78 is 7.37. The quantitative estimate of drug-likeness (QED) is 0.401. The number of halogens is 2. The van der Waals surface area contributed by atoms with E-state index in [1.54, 1.807) is 29.3 Å². The van der Waals surface area contributed by atoms with E-state index in [-0.39, 0.29) is 17.9 Å². The van der Waals surface area contributed by atoms with E-state index in [4.69, 9.17) is 27.9 Å². The Kier molecular flexibility index (Phi) is 7.62. The molecule has 1 aliphatic rings. The number of piperidine rings is 1. The molecule has 36 heavy (non-hydrogen) atoms. The number of aromatic nitrogens is 2. The third-order valence-corrected chi connectivity index (χ3v) is 6.42. The Hall–Kier alpha value is -3.03. The predicted molar refractivity (Wildman–Crippen MR) is 142 cm³/mol. The molecule has 0 saturated carbocycles. The molecule has 0 bridgehead atoms. The first kappa shape index (κ1) is 26.0. The van der Waals surface area contributed by atoms with Crippen LogP contribution in [0.25, 0.3) is 5.69 Å². The number of rotatable bonds is 4. The van der Waals surface area contributed by atoms with Crippen LogP contribution in [0.2, 0.25) is 10.0 Å². The van der Waals surface area contributed by atoms with Gasteiger partial charge in [-0.2, -0.15) is 5.10 Å². The minimum atomic E-state index is -0.549. The van der Waals surface area contributed by atoms with Gasteiger partial charge in [0.2, 0.25) is 0 Å². The second-order valence-corrected chi connectivity index (χ2v) is 10.9. The van der Waals surface area contributed by atoms with Crippen molar-refractivity contribution in [2.75, 3.05) is 18.4 Å². The highest BCUT2D eigenvalue weighted by molar-refractivity contribution is 6.35. The summed E-state index contributed by atoms with van der Waals surface area (Å²) in [4.78, 5) is 27.7. The Morgan fingerprint density at radius 3 is 2.22 bits per heavy atom. The van der Waals surface area contributed by atoms with Crippen molar-refractivity contribution in [1.82, 2.24) is 14.7 Å². The highest BCUT2D eigenvalue weighted by Crippen LogP contribution is 2.33. The van der Waals surface area contributed by atoms with Crippen molar-refractivity contribution < 1.29 is 14.3 Å². The number of nitrogens with zero attached hydrogens (tertiary/aromatic N) is 3. The number of hydrogen-bond donors (Lipinski definition) is 1. The zero-order valence-corrected chi connectivity index (χ0v) is 22.4. The minimum Gasteiger partial charge on any atom is -0.444 e. The van der Waals surface area contributed by atoms with Gasteiger partial charge < -0.3 is 15.0 Å². The van der Waals surface area contributed by atoms with Gasteiger partial charge in [-0.3, -0.25) is 4.79 Å². The number of carbonyl (C=O) groups excluding carboxylic acids is 2. The van der Waals surface area contributed by atoms with Crippen molar-refractivity contribution in [2.24, 2.45) is 0 Å². The van der Waals surface area contributed by atoms with E-state index in [1.165, 1.54) is 0 Å². The molecule has 2 amide bonds. The lowest BCUT2D eigenvalue weighted by atomic mass is 9.90. The molecule has 0 spiro atoms. The lowest BCUT2D eigenvalue weighted by Crippen LogP contribution is -2.41. The van der Waals surface area contributed by atoms with Gasteiger partial charge >= 0.3 is 6.09 Å². The molecular formula is C27H30Cl2N4O3. The molecule has 3 aromatic rings. The number of hydrogen-bond acceptors (Lipinski definition) is 4. The Labute approximate surface area is 221 Å². The van der Waals surface area contributed by atoms with E-state index in [1.807, 2.05) is 56.6 Å². The summed E-state index contributed by atoms with van der Waals surface area (Å²) in [5.41, 5.74) is 3.25. The first-order chi connectivity index (χ1) is 17.0. The summed E-state index contributed by atoms with van der Waals surface area (Å²) in [5, 5.41) is 8.36. The molecule has 190 valence electrons. The Bertz CT molecular complexity index is 1240. The van der Waals surface area contributed by atoms with Crippen molar-refractivity contribution in [3.63, 3.8) is 0 Å². The van der Waals surface area contributed by atoms with Gasteiger partial charge in [-0.15, -0.1) is 0 Å². The highest BCUT2D eigenvalue weighted by atomic mass is 35.5. The van der Waals surface area contributed by atoms with Crippen LogP contribution >= 0.6 is 23.2 Å². The fourth-order valence-electron chi connectivity index (χ4n) is 4.30. The minimum absolute atomic E-state index is 0.0242. The molecule has 1 aromatic heterocycles. The molecule has 1 fully saturated rings. The second-order valence-electron chi connectivity index (χ2n) is 10.0. The average molecular weight is 529 g/mol. The standard InChI is InChI=1S/C27H30Cl2N4O3/c1-17-5-7-22(8-6-17)33-24(18-9-11-32(12-10-18)26(35)36-27(2,3)4)23(16-30-33)25(34)31-21-14-19(28)13-20(29)15-21/h5-8,13-16,18H,9-12H2,1-4H3,(H,31,34). The summed E-state index contributed by atoms with van der Waals surface area (Å²) in [5.74, 6) is -0.271. The first-order valence-corrected chi connectivity index (χ1v) is 12.7. The monoisotopic (exact) mass is 528 g/mol. The van der Waals surface area contributed by atoms with Gasteiger partial charge in [-0.25, -0.2) is 9.48 Å². The number of likely N-dealkylation sites (tertiary alicyclic amines) is 1. The van der Waals surface area contributed by atoms with Gasteiger partial charge in [0.1, 0.15) is 5.60 Å². The molecule has 0 radical (unpaired) electrons. The van der Waals surface area contributed by atoms with Crippen LogP contribution in [0, 0.1) is 6.92 Å². The number of aryl methyl sites for hydroxylation is 1. The van der Waals surface area contributed by atoms with Crippen LogP contribution in [0.3, 0.4) is 0 Å². The zero-order valence-electron chi connectivity index (χ0n) is 20.8. The molecule has 1 aliphatic heterocycles. The maximum atomic E-state index is 13.4. The molecule has 9 heteroatoms. The van der Waals surface area contributed by atoms with Crippen molar-refractivity contribution in [1.29, 1.82) is 0 Å². The molecule has 7 nitrogen and oxygen atoms in total. The van der Waals surface area contributed by atoms with Crippen LogP contribution in [0.1, 0.15) is 61.1 Å². The SMILES string of the molecule is Cc1ccc(-n2ncc(C(=O)Nc3cc(Cl)cc(Cl)c3)c2C2CCN(C(=O)OC(C)(C)C)CC2)cc1.